The van der Waals surface area contributed by atoms with Crippen molar-refractivity contribution in [1.82, 2.24) is 10.6 Å². The first-order valence-electron chi connectivity index (χ1n) is 7.70. The third-order valence-electron chi connectivity index (χ3n) is 3.36. The van der Waals surface area contributed by atoms with Gasteiger partial charge in [-0.3, -0.25) is 9.59 Å². The number of methoxy groups -OCH3 is 1. The Bertz CT molecular complexity index is 774. The molecule has 0 bridgehead atoms. The van der Waals surface area contributed by atoms with E-state index < -0.39 is 5.91 Å². The Balaban J connectivity index is 1.91. The second-order valence-electron chi connectivity index (χ2n) is 5.46. The minimum absolute atomic E-state index is 0.108. The van der Waals surface area contributed by atoms with Crippen LogP contribution in [0.1, 0.15) is 23.0 Å². The van der Waals surface area contributed by atoms with Crippen molar-refractivity contribution >= 4 is 11.8 Å². The summed E-state index contributed by atoms with van der Waals surface area (Å²) < 4.78 is 10.4. The van der Waals surface area contributed by atoms with Gasteiger partial charge in [-0.05, 0) is 43.3 Å². The van der Waals surface area contributed by atoms with Crippen LogP contribution in [0.25, 0.3) is 11.3 Å². The summed E-state index contributed by atoms with van der Waals surface area (Å²) in [7, 11) is 1.55. The van der Waals surface area contributed by atoms with E-state index in [2.05, 4.69) is 10.6 Å². The van der Waals surface area contributed by atoms with E-state index in [1.807, 2.05) is 6.07 Å². The molecule has 0 aliphatic carbocycles. The average molecular weight is 341 g/mol. The highest BCUT2D eigenvalue weighted by atomic mass is 16.5. The lowest BCUT2D eigenvalue weighted by molar-refractivity contribution is -0.121. The molecule has 130 valence electrons. The van der Waals surface area contributed by atoms with Gasteiger partial charge in [0.2, 0.25) is 5.91 Å². The van der Waals surface area contributed by atoms with Gasteiger partial charge in [0, 0.05) is 18.7 Å². The van der Waals surface area contributed by atoms with Crippen LogP contribution in [-0.4, -0.2) is 38.1 Å². The Morgan fingerprint density at radius 1 is 1.24 bits per heavy atom. The Labute approximate surface area is 145 Å². The molecule has 0 spiro atoms. The number of carbonyl (C=O) groups is 2. The molecule has 2 N–H and O–H groups in total. The van der Waals surface area contributed by atoms with Crippen molar-refractivity contribution in [2.24, 2.45) is 0 Å². The first-order chi connectivity index (χ1) is 12.0. The maximum atomic E-state index is 12.1. The maximum absolute atomic E-state index is 12.1. The zero-order valence-corrected chi connectivity index (χ0v) is 14.0. The predicted octanol–water partition coefficient (Wildman–Crippen LogP) is 1.70. The Hall–Kier alpha value is -3.11. The normalized spacial score (nSPS) is 11.4. The van der Waals surface area contributed by atoms with Gasteiger partial charge in [-0.25, -0.2) is 0 Å². The van der Waals surface area contributed by atoms with Crippen molar-refractivity contribution in [2.75, 3.05) is 20.3 Å². The topological polar surface area (TPSA) is 104 Å². The van der Waals surface area contributed by atoms with Gasteiger partial charge in [0.25, 0.3) is 5.91 Å². The number of benzene rings is 1. The van der Waals surface area contributed by atoms with Gasteiger partial charge in [0.1, 0.15) is 5.76 Å². The highest BCUT2D eigenvalue weighted by Crippen LogP contribution is 2.22. The van der Waals surface area contributed by atoms with E-state index in [0.29, 0.717) is 17.9 Å². The molecule has 1 aromatic carbocycles. The predicted molar refractivity (Wildman–Crippen MR) is 90.7 cm³/mol. The fraction of sp³-hybridized carbons (Fsp3) is 0.278. The quantitative estimate of drug-likeness (QED) is 0.797. The molecule has 0 saturated carbocycles. The lowest BCUT2D eigenvalue weighted by atomic mass is 10.1. The first kappa shape index (κ1) is 18.2. The number of carbonyl (C=O) groups excluding carboxylic acids is 2. The second-order valence-corrected chi connectivity index (χ2v) is 5.46. The first-order valence-corrected chi connectivity index (χ1v) is 7.70. The molecule has 0 radical (unpaired) electrons. The van der Waals surface area contributed by atoms with Gasteiger partial charge in [-0.2, -0.15) is 5.26 Å². The fourth-order valence-electron chi connectivity index (χ4n) is 2.19. The minimum atomic E-state index is -0.477. The van der Waals surface area contributed by atoms with Crippen molar-refractivity contribution in [3.8, 4) is 17.4 Å². The second kappa shape index (κ2) is 8.66. The molecular formula is C18H19N3O4. The van der Waals surface area contributed by atoms with Crippen LogP contribution in [0, 0.1) is 11.3 Å². The Morgan fingerprint density at radius 2 is 1.96 bits per heavy atom. The molecule has 0 saturated heterocycles. The van der Waals surface area contributed by atoms with Crippen LogP contribution in [0.2, 0.25) is 0 Å². The van der Waals surface area contributed by atoms with Crippen molar-refractivity contribution in [2.45, 2.75) is 13.0 Å². The van der Waals surface area contributed by atoms with Crippen LogP contribution >= 0.6 is 0 Å². The highest BCUT2D eigenvalue weighted by molar-refractivity contribution is 5.94. The van der Waals surface area contributed by atoms with E-state index in [0.717, 1.165) is 5.56 Å². The van der Waals surface area contributed by atoms with E-state index in [1.54, 1.807) is 44.4 Å². The number of rotatable bonds is 7. The van der Waals surface area contributed by atoms with Crippen molar-refractivity contribution in [1.29, 1.82) is 5.26 Å². The van der Waals surface area contributed by atoms with Crippen molar-refractivity contribution in [3.05, 3.63) is 47.7 Å². The van der Waals surface area contributed by atoms with Gasteiger partial charge in [0.05, 0.1) is 24.8 Å². The van der Waals surface area contributed by atoms with Crippen molar-refractivity contribution in [3.63, 3.8) is 0 Å². The molecule has 0 aliphatic heterocycles. The molecule has 2 rings (SSSR count). The number of nitriles is 1. The Morgan fingerprint density at radius 3 is 2.60 bits per heavy atom. The smallest absolute Gasteiger partial charge is 0.287 e. The molecule has 0 aliphatic rings. The van der Waals surface area contributed by atoms with Crippen LogP contribution in [0.5, 0.6) is 0 Å². The molecule has 2 aromatic rings. The van der Waals surface area contributed by atoms with E-state index in [-0.39, 0.29) is 24.3 Å². The molecule has 2 amide bonds. The molecule has 7 nitrogen and oxygen atoms in total. The number of amides is 2. The number of hydrogen-bond donors (Lipinski definition) is 2. The molecule has 1 atom stereocenters. The van der Waals surface area contributed by atoms with E-state index in [4.69, 9.17) is 14.4 Å². The van der Waals surface area contributed by atoms with Crippen LogP contribution < -0.4 is 10.6 Å². The van der Waals surface area contributed by atoms with Gasteiger partial charge < -0.3 is 19.8 Å². The number of nitrogens with zero attached hydrogens (tertiary/aromatic N) is 1. The summed E-state index contributed by atoms with van der Waals surface area (Å²) in [5, 5.41) is 14.0. The number of furan rings is 1. The van der Waals surface area contributed by atoms with Gasteiger partial charge in [0.15, 0.2) is 5.76 Å². The summed E-state index contributed by atoms with van der Waals surface area (Å²) in [5.74, 6) is -0.170. The average Bonchev–Trinajstić information content (AvgIpc) is 3.10. The zero-order valence-electron chi connectivity index (χ0n) is 14.0. The monoisotopic (exact) mass is 341 g/mol. The summed E-state index contributed by atoms with van der Waals surface area (Å²) in [6.45, 7) is 2.05. The summed E-state index contributed by atoms with van der Waals surface area (Å²) >= 11 is 0. The molecule has 1 heterocycles. The lowest BCUT2D eigenvalue weighted by Gasteiger charge is -2.12. The van der Waals surface area contributed by atoms with Gasteiger partial charge in [-0.1, -0.05) is 0 Å². The number of nitrogens with one attached hydrogen (secondary N) is 2. The molecule has 1 aromatic heterocycles. The fourth-order valence-corrected chi connectivity index (χ4v) is 2.19. The third-order valence-corrected chi connectivity index (χ3v) is 3.36. The molecule has 1 unspecified atom stereocenters. The van der Waals surface area contributed by atoms with Crippen LogP contribution in [0.4, 0.5) is 0 Å². The number of hydrogen-bond acceptors (Lipinski definition) is 5. The SMILES string of the molecule is COCC(C)NC(=O)CNC(=O)c1ccc(-c2ccc(C#N)cc2)o1. The molecular weight excluding hydrogens is 322 g/mol. The maximum Gasteiger partial charge on any atom is 0.287 e. The summed E-state index contributed by atoms with van der Waals surface area (Å²) in [6, 6.07) is 11.9. The molecule has 0 fully saturated rings. The van der Waals surface area contributed by atoms with Crippen LogP contribution in [0.3, 0.4) is 0 Å². The molecule has 7 heteroatoms. The van der Waals surface area contributed by atoms with E-state index in [1.165, 1.54) is 6.07 Å². The van der Waals surface area contributed by atoms with E-state index >= 15 is 0 Å². The van der Waals surface area contributed by atoms with Crippen LogP contribution in [0.15, 0.2) is 40.8 Å². The standard InChI is InChI=1S/C18H19N3O4/c1-12(11-24-2)21-17(22)10-20-18(23)16-8-7-15(25-16)14-5-3-13(9-19)4-6-14/h3-8,12H,10-11H2,1-2H3,(H,20,23)(H,21,22). The largest absolute Gasteiger partial charge is 0.451 e. The van der Waals surface area contributed by atoms with E-state index in [9.17, 15) is 9.59 Å². The van der Waals surface area contributed by atoms with Crippen LogP contribution in [-0.2, 0) is 9.53 Å². The van der Waals surface area contributed by atoms with Gasteiger partial charge in [-0.15, -0.1) is 0 Å². The minimum Gasteiger partial charge on any atom is -0.451 e. The zero-order chi connectivity index (χ0) is 18.2. The third kappa shape index (κ3) is 5.19. The molecule has 25 heavy (non-hydrogen) atoms. The van der Waals surface area contributed by atoms with Gasteiger partial charge >= 0.3 is 0 Å². The highest BCUT2D eigenvalue weighted by Gasteiger charge is 2.14. The summed E-state index contributed by atoms with van der Waals surface area (Å²) in [6.07, 6.45) is 0. The number of ether oxygens (including phenoxy) is 1. The Kier molecular flexibility index (Phi) is 6.32. The summed E-state index contributed by atoms with van der Waals surface area (Å²) in [4.78, 5) is 23.8. The summed E-state index contributed by atoms with van der Waals surface area (Å²) in [5.41, 5.74) is 1.30. The lowest BCUT2D eigenvalue weighted by Crippen LogP contribution is -2.42. The van der Waals surface area contributed by atoms with Crippen molar-refractivity contribution < 1.29 is 18.7 Å².